The summed E-state index contributed by atoms with van der Waals surface area (Å²) in [5.41, 5.74) is 6.32. The smallest absolute Gasteiger partial charge is 0.142 e. The van der Waals surface area contributed by atoms with Crippen molar-refractivity contribution < 1.29 is 0 Å². The van der Waals surface area contributed by atoms with E-state index in [2.05, 4.69) is 26.2 Å². The Morgan fingerprint density at radius 2 is 1.50 bits per heavy atom. The van der Waals surface area contributed by atoms with Gasteiger partial charge in [0.25, 0.3) is 0 Å². The van der Waals surface area contributed by atoms with Crippen LogP contribution in [0, 0.1) is 0 Å². The number of hydrazine groups is 2. The fourth-order valence-corrected chi connectivity index (χ4v) is 1.60. The summed E-state index contributed by atoms with van der Waals surface area (Å²) in [6, 6.07) is 0. The van der Waals surface area contributed by atoms with Gasteiger partial charge in [-0.1, -0.05) is 0 Å². The first-order valence-corrected chi connectivity index (χ1v) is 4.38. The van der Waals surface area contributed by atoms with Crippen LogP contribution in [0.2, 0.25) is 0 Å². The van der Waals surface area contributed by atoms with Crippen molar-refractivity contribution in [2.24, 2.45) is 0 Å². The highest BCUT2D eigenvalue weighted by molar-refractivity contribution is 4.70. The quantitative estimate of drug-likeness (QED) is 0.498. The molecule has 12 heavy (non-hydrogen) atoms. The lowest BCUT2D eigenvalue weighted by atomic mass is 10.3. The van der Waals surface area contributed by atoms with Crippen molar-refractivity contribution in [2.75, 3.05) is 34.2 Å². The molecular weight excluding hydrogens is 154 g/mol. The Morgan fingerprint density at radius 1 is 1.00 bits per heavy atom. The molecule has 1 aliphatic rings. The topological polar surface area (TPSA) is 42.6 Å². The van der Waals surface area contributed by atoms with Crippen molar-refractivity contribution in [1.29, 1.82) is 0 Å². The highest BCUT2D eigenvalue weighted by Gasteiger charge is 2.25. The second-order valence-corrected chi connectivity index (χ2v) is 2.85. The summed E-state index contributed by atoms with van der Waals surface area (Å²) >= 11 is 0. The normalized spacial score (nSPS) is 23.2. The molecule has 0 spiro atoms. The SMILES string of the molecule is CNC1N(NC)CCCN1NC. The van der Waals surface area contributed by atoms with Crippen molar-refractivity contribution in [3.8, 4) is 0 Å². The number of rotatable bonds is 3. The molecular formula is C7H19N5. The lowest BCUT2D eigenvalue weighted by molar-refractivity contribution is -0.0639. The van der Waals surface area contributed by atoms with E-state index in [4.69, 9.17) is 0 Å². The van der Waals surface area contributed by atoms with Gasteiger partial charge >= 0.3 is 0 Å². The highest BCUT2D eigenvalue weighted by atomic mass is 15.7. The van der Waals surface area contributed by atoms with Gasteiger partial charge in [-0.3, -0.25) is 16.2 Å². The Kier molecular flexibility index (Phi) is 3.90. The van der Waals surface area contributed by atoms with E-state index in [9.17, 15) is 0 Å². The number of hydrogen-bond acceptors (Lipinski definition) is 5. The van der Waals surface area contributed by atoms with E-state index in [1.807, 2.05) is 21.1 Å². The molecule has 1 heterocycles. The van der Waals surface area contributed by atoms with E-state index in [0.717, 1.165) is 13.1 Å². The third kappa shape index (κ3) is 1.94. The molecule has 1 rings (SSSR count). The molecule has 1 saturated heterocycles. The average Bonchev–Trinajstić information content (AvgIpc) is 2.16. The molecule has 0 aromatic carbocycles. The standard InChI is InChI=1S/C7H19N5/c1-8-7-11(9-2)5-4-6-12(7)10-3/h7-10H,4-6H2,1-3H3. The van der Waals surface area contributed by atoms with Gasteiger partial charge in [0.15, 0.2) is 0 Å². The van der Waals surface area contributed by atoms with Crippen LogP contribution in [0.4, 0.5) is 0 Å². The summed E-state index contributed by atoms with van der Waals surface area (Å²) in [6.45, 7) is 2.17. The molecule has 0 unspecified atom stereocenters. The first-order valence-electron chi connectivity index (χ1n) is 4.38. The fraction of sp³-hybridized carbons (Fsp3) is 1.00. The Morgan fingerprint density at radius 3 is 1.83 bits per heavy atom. The minimum absolute atomic E-state index is 0.244. The molecule has 72 valence electrons. The number of hydrogen-bond donors (Lipinski definition) is 3. The molecule has 0 amide bonds. The molecule has 0 aliphatic carbocycles. The summed E-state index contributed by atoms with van der Waals surface area (Å²) < 4.78 is 0. The van der Waals surface area contributed by atoms with Crippen molar-refractivity contribution in [3.05, 3.63) is 0 Å². The van der Waals surface area contributed by atoms with Crippen LogP contribution in [0.15, 0.2) is 0 Å². The van der Waals surface area contributed by atoms with Gasteiger partial charge in [0.1, 0.15) is 6.29 Å². The van der Waals surface area contributed by atoms with Crippen molar-refractivity contribution in [3.63, 3.8) is 0 Å². The van der Waals surface area contributed by atoms with Gasteiger partial charge in [0.2, 0.25) is 0 Å². The van der Waals surface area contributed by atoms with Gasteiger partial charge in [0.05, 0.1) is 0 Å². The second-order valence-electron chi connectivity index (χ2n) is 2.85. The van der Waals surface area contributed by atoms with E-state index < -0.39 is 0 Å². The average molecular weight is 173 g/mol. The molecule has 1 fully saturated rings. The summed E-state index contributed by atoms with van der Waals surface area (Å²) in [5.74, 6) is 0. The first kappa shape index (κ1) is 9.88. The van der Waals surface area contributed by atoms with E-state index >= 15 is 0 Å². The lowest BCUT2D eigenvalue weighted by Crippen LogP contribution is -2.65. The van der Waals surface area contributed by atoms with Crippen LogP contribution in [0.1, 0.15) is 6.42 Å². The minimum atomic E-state index is 0.244. The summed E-state index contributed by atoms with van der Waals surface area (Å²) in [5, 5.41) is 7.57. The maximum Gasteiger partial charge on any atom is 0.142 e. The molecule has 0 aromatic heterocycles. The molecule has 3 N–H and O–H groups in total. The fourth-order valence-electron chi connectivity index (χ4n) is 1.60. The van der Waals surface area contributed by atoms with Crippen LogP contribution in [0.5, 0.6) is 0 Å². The summed E-state index contributed by atoms with van der Waals surface area (Å²) in [7, 11) is 5.86. The van der Waals surface area contributed by atoms with Gasteiger partial charge in [-0.05, 0) is 27.6 Å². The van der Waals surface area contributed by atoms with Gasteiger partial charge in [-0.15, -0.1) is 0 Å². The first-order chi connectivity index (χ1) is 5.83. The van der Waals surface area contributed by atoms with Gasteiger partial charge in [0, 0.05) is 13.1 Å². The third-order valence-corrected chi connectivity index (χ3v) is 2.22. The predicted octanol–water partition coefficient (Wildman–Crippen LogP) is -1.23. The maximum absolute atomic E-state index is 3.23. The van der Waals surface area contributed by atoms with E-state index in [0.29, 0.717) is 0 Å². The Bertz CT molecular complexity index is 117. The Hall–Kier alpha value is -0.200. The summed E-state index contributed by atoms with van der Waals surface area (Å²) in [6.07, 6.45) is 1.42. The monoisotopic (exact) mass is 173 g/mol. The van der Waals surface area contributed by atoms with Crippen LogP contribution in [0.25, 0.3) is 0 Å². The van der Waals surface area contributed by atoms with E-state index in [-0.39, 0.29) is 6.29 Å². The number of nitrogens with zero attached hydrogens (tertiary/aromatic N) is 2. The zero-order valence-corrected chi connectivity index (χ0v) is 8.09. The predicted molar refractivity (Wildman–Crippen MR) is 49.0 cm³/mol. The molecule has 5 nitrogen and oxygen atoms in total. The highest BCUT2D eigenvalue weighted by Crippen LogP contribution is 2.05. The molecule has 0 aromatic rings. The molecule has 5 heteroatoms. The molecule has 0 saturated carbocycles. The van der Waals surface area contributed by atoms with Gasteiger partial charge in [-0.2, -0.15) is 0 Å². The molecule has 0 radical (unpaired) electrons. The molecule has 1 aliphatic heterocycles. The van der Waals surface area contributed by atoms with Crippen LogP contribution in [0.3, 0.4) is 0 Å². The zero-order chi connectivity index (χ0) is 8.97. The van der Waals surface area contributed by atoms with Gasteiger partial charge < -0.3 is 0 Å². The second kappa shape index (κ2) is 4.74. The van der Waals surface area contributed by atoms with Gasteiger partial charge in [-0.25, -0.2) is 10.0 Å². The molecule has 0 bridgehead atoms. The van der Waals surface area contributed by atoms with Crippen LogP contribution >= 0.6 is 0 Å². The summed E-state index contributed by atoms with van der Waals surface area (Å²) in [4.78, 5) is 0. The largest absolute Gasteiger partial charge is 0.290 e. The Labute approximate surface area is 74.0 Å². The minimum Gasteiger partial charge on any atom is -0.290 e. The van der Waals surface area contributed by atoms with Crippen LogP contribution in [-0.2, 0) is 0 Å². The van der Waals surface area contributed by atoms with E-state index in [1.165, 1.54) is 6.42 Å². The van der Waals surface area contributed by atoms with Crippen molar-refractivity contribution in [2.45, 2.75) is 12.7 Å². The van der Waals surface area contributed by atoms with E-state index in [1.54, 1.807) is 0 Å². The third-order valence-electron chi connectivity index (χ3n) is 2.22. The van der Waals surface area contributed by atoms with Crippen LogP contribution in [-0.4, -0.2) is 50.5 Å². The maximum atomic E-state index is 3.23. The van der Waals surface area contributed by atoms with Crippen molar-refractivity contribution in [1.82, 2.24) is 26.2 Å². The Balaban J connectivity index is 2.52. The zero-order valence-electron chi connectivity index (χ0n) is 8.09. The lowest BCUT2D eigenvalue weighted by Gasteiger charge is -2.42. The molecule has 0 atom stereocenters. The number of nitrogens with one attached hydrogen (secondary N) is 3. The van der Waals surface area contributed by atoms with Crippen molar-refractivity contribution >= 4 is 0 Å². The van der Waals surface area contributed by atoms with Crippen LogP contribution < -0.4 is 16.2 Å².